The highest BCUT2D eigenvalue weighted by Gasteiger charge is 2.06. The lowest BCUT2D eigenvalue weighted by molar-refractivity contribution is 1.02. The van der Waals surface area contributed by atoms with Crippen molar-refractivity contribution >= 4 is 34.1 Å². The molecule has 0 atom stereocenters. The van der Waals surface area contributed by atoms with E-state index in [0.717, 1.165) is 22.2 Å². The van der Waals surface area contributed by atoms with Gasteiger partial charge in [-0.05, 0) is 30.7 Å². The van der Waals surface area contributed by atoms with Gasteiger partial charge in [0.2, 0.25) is 0 Å². The molecule has 0 saturated heterocycles. The largest absolute Gasteiger partial charge is 0.326 e. The van der Waals surface area contributed by atoms with Crippen LogP contribution in [-0.2, 0) is 6.54 Å². The molecule has 78 valence electrons. The van der Waals surface area contributed by atoms with Crippen molar-refractivity contribution in [2.24, 2.45) is 5.73 Å². The maximum atomic E-state index is 6.05. The number of nitrogens with zero attached hydrogens (tertiary/aromatic N) is 1. The van der Waals surface area contributed by atoms with Crippen molar-refractivity contribution in [2.75, 3.05) is 0 Å². The van der Waals surface area contributed by atoms with E-state index in [9.17, 15) is 0 Å². The summed E-state index contributed by atoms with van der Waals surface area (Å²) < 4.78 is 0. The number of aryl methyl sites for hydroxylation is 1. The molecule has 0 spiro atoms. The van der Waals surface area contributed by atoms with Gasteiger partial charge in [0, 0.05) is 22.6 Å². The lowest BCUT2D eigenvalue weighted by Crippen LogP contribution is -2.01. The van der Waals surface area contributed by atoms with Crippen LogP contribution >= 0.6 is 23.2 Å². The van der Waals surface area contributed by atoms with Crippen molar-refractivity contribution in [2.45, 2.75) is 13.5 Å². The van der Waals surface area contributed by atoms with Gasteiger partial charge in [0.25, 0.3) is 0 Å². The molecule has 0 radical (unpaired) electrons. The molecule has 0 aliphatic heterocycles. The van der Waals surface area contributed by atoms with Crippen molar-refractivity contribution in [3.63, 3.8) is 0 Å². The van der Waals surface area contributed by atoms with Crippen molar-refractivity contribution in [3.05, 3.63) is 39.5 Å². The Morgan fingerprint density at radius 2 is 2.00 bits per heavy atom. The van der Waals surface area contributed by atoms with Crippen LogP contribution in [0.25, 0.3) is 10.9 Å². The number of aromatic nitrogens is 1. The zero-order valence-corrected chi connectivity index (χ0v) is 9.73. The highest BCUT2D eigenvalue weighted by Crippen LogP contribution is 2.27. The molecule has 2 N–H and O–H groups in total. The molecule has 2 nitrogen and oxygen atoms in total. The van der Waals surface area contributed by atoms with E-state index in [1.807, 2.05) is 19.1 Å². The van der Waals surface area contributed by atoms with Crippen LogP contribution in [0.3, 0.4) is 0 Å². The van der Waals surface area contributed by atoms with Crippen LogP contribution in [-0.4, -0.2) is 4.98 Å². The van der Waals surface area contributed by atoms with E-state index in [0.29, 0.717) is 16.6 Å². The molecule has 1 aromatic carbocycles. The van der Waals surface area contributed by atoms with E-state index in [1.54, 1.807) is 6.07 Å². The van der Waals surface area contributed by atoms with Crippen molar-refractivity contribution in [1.82, 2.24) is 4.98 Å². The van der Waals surface area contributed by atoms with Crippen LogP contribution in [0.1, 0.15) is 11.3 Å². The van der Waals surface area contributed by atoms with Gasteiger partial charge in [-0.25, -0.2) is 0 Å². The Hall–Kier alpha value is -0.830. The molecule has 2 aromatic rings. The van der Waals surface area contributed by atoms with Gasteiger partial charge in [-0.15, -0.1) is 0 Å². The zero-order valence-electron chi connectivity index (χ0n) is 8.22. The molecule has 1 aromatic heterocycles. The fourth-order valence-corrected chi connectivity index (χ4v) is 2.10. The maximum absolute atomic E-state index is 6.05. The fourth-order valence-electron chi connectivity index (χ4n) is 1.55. The third-order valence-corrected chi connectivity index (χ3v) is 2.86. The topological polar surface area (TPSA) is 38.9 Å². The Kier molecular flexibility index (Phi) is 2.83. The Balaban J connectivity index is 2.81. The molecule has 0 bridgehead atoms. The summed E-state index contributed by atoms with van der Waals surface area (Å²) in [6.45, 7) is 2.39. The fraction of sp³-hybridized carbons (Fsp3) is 0.182. The molecule has 0 saturated carbocycles. The molecule has 0 unspecified atom stereocenters. The van der Waals surface area contributed by atoms with Crippen molar-refractivity contribution in [3.8, 4) is 0 Å². The molecular weight excluding hydrogens is 231 g/mol. The summed E-state index contributed by atoms with van der Waals surface area (Å²) in [4.78, 5) is 4.42. The monoisotopic (exact) mass is 240 g/mol. The number of nitrogens with two attached hydrogens (primary N) is 1. The molecular formula is C11H10Cl2N2. The predicted octanol–water partition coefficient (Wildman–Crippen LogP) is 3.31. The van der Waals surface area contributed by atoms with E-state index in [2.05, 4.69) is 4.98 Å². The van der Waals surface area contributed by atoms with Gasteiger partial charge in [0.1, 0.15) is 0 Å². The zero-order chi connectivity index (χ0) is 11.0. The van der Waals surface area contributed by atoms with Crippen LogP contribution in [0, 0.1) is 6.92 Å². The van der Waals surface area contributed by atoms with Gasteiger partial charge >= 0.3 is 0 Å². The third-order valence-electron chi connectivity index (χ3n) is 2.35. The van der Waals surface area contributed by atoms with Crippen LogP contribution in [0.5, 0.6) is 0 Å². The smallest absolute Gasteiger partial charge is 0.0892 e. The molecule has 0 fully saturated rings. The standard InChI is InChI=1S/C11H10Cl2N2/c1-6-8(5-14)2-7-3-9(12)4-10(13)11(7)15-6/h2-4H,5,14H2,1H3. The number of rotatable bonds is 1. The first-order chi connectivity index (χ1) is 7.11. The molecule has 1 heterocycles. The van der Waals surface area contributed by atoms with Gasteiger partial charge in [-0.2, -0.15) is 0 Å². The number of hydrogen-bond acceptors (Lipinski definition) is 2. The summed E-state index contributed by atoms with van der Waals surface area (Å²) in [5.41, 5.74) is 8.31. The van der Waals surface area contributed by atoms with Crippen LogP contribution in [0.2, 0.25) is 10.0 Å². The molecule has 0 aliphatic rings. The number of pyridine rings is 1. The van der Waals surface area contributed by atoms with E-state index in [-0.39, 0.29) is 0 Å². The first-order valence-corrected chi connectivity index (χ1v) is 5.32. The summed E-state index contributed by atoms with van der Waals surface area (Å²) in [6.07, 6.45) is 0. The van der Waals surface area contributed by atoms with Crippen molar-refractivity contribution in [1.29, 1.82) is 0 Å². The Morgan fingerprint density at radius 3 is 2.67 bits per heavy atom. The number of benzene rings is 1. The molecule has 2 rings (SSSR count). The Morgan fingerprint density at radius 1 is 1.27 bits per heavy atom. The molecule has 0 aliphatic carbocycles. The highest BCUT2D eigenvalue weighted by molar-refractivity contribution is 6.38. The molecule has 15 heavy (non-hydrogen) atoms. The first kappa shape index (κ1) is 10.7. The average Bonchev–Trinajstić information content (AvgIpc) is 2.18. The van der Waals surface area contributed by atoms with Gasteiger partial charge in [0.15, 0.2) is 0 Å². The lowest BCUT2D eigenvalue weighted by atomic mass is 10.1. The van der Waals surface area contributed by atoms with Crippen LogP contribution < -0.4 is 5.73 Å². The highest BCUT2D eigenvalue weighted by atomic mass is 35.5. The quantitative estimate of drug-likeness (QED) is 0.831. The first-order valence-electron chi connectivity index (χ1n) is 4.57. The minimum Gasteiger partial charge on any atom is -0.326 e. The minimum atomic E-state index is 0.471. The van der Waals surface area contributed by atoms with E-state index < -0.39 is 0 Å². The van der Waals surface area contributed by atoms with Gasteiger partial charge in [-0.1, -0.05) is 23.2 Å². The van der Waals surface area contributed by atoms with Gasteiger partial charge < -0.3 is 5.73 Å². The summed E-state index contributed by atoms with van der Waals surface area (Å²) in [5.74, 6) is 0. The summed E-state index contributed by atoms with van der Waals surface area (Å²) in [7, 11) is 0. The third kappa shape index (κ3) is 1.93. The van der Waals surface area contributed by atoms with Crippen molar-refractivity contribution < 1.29 is 0 Å². The van der Waals surface area contributed by atoms with E-state index in [1.165, 1.54) is 0 Å². The van der Waals surface area contributed by atoms with E-state index >= 15 is 0 Å². The maximum Gasteiger partial charge on any atom is 0.0892 e. The SMILES string of the molecule is Cc1nc2c(Cl)cc(Cl)cc2cc1CN. The van der Waals surface area contributed by atoms with Gasteiger partial charge in [-0.3, -0.25) is 4.98 Å². The number of hydrogen-bond donors (Lipinski definition) is 1. The van der Waals surface area contributed by atoms with E-state index in [4.69, 9.17) is 28.9 Å². The minimum absolute atomic E-state index is 0.471. The second-order valence-corrected chi connectivity index (χ2v) is 4.24. The normalized spacial score (nSPS) is 10.9. The lowest BCUT2D eigenvalue weighted by Gasteiger charge is -2.06. The van der Waals surface area contributed by atoms with Crippen LogP contribution in [0.4, 0.5) is 0 Å². The second-order valence-electron chi connectivity index (χ2n) is 3.40. The van der Waals surface area contributed by atoms with Crippen LogP contribution in [0.15, 0.2) is 18.2 Å². The summed E-state index contributed by atoms with van der Waals surface area (Å²) in [5, 5.41) is 2.11. The second kappa shape index (κ2) is 3.97. The Bertz CT molecular complexity index is 523. The molecule has 4 heteroatoms. The predicted molar refractivity (Wildman–Crippen MR) is 64.4 cm³/mol. The summed E-state index contributed by atoms with van der Waals surface area (Å²) >= 11 is 12.0. The molecule has 0 amide bonds. The van der Waals surface area contributed by atoms with Gasteiger partial charge in [0.05, 0.1) is 10.5 Å². The Labute approximate surface area is 98.0 Å². The number of fused-ring (bicyclic) bond motifs is 1. The average molecular weight is 241 g/mol. The summed E-state index contributed by atoms with van der Waals surface area (Å²) in [6, 6.07) is 5.52. The number of halogens is 2.